The van der Waals surface area contributed by atoms with Crippen molar-refractivity contribution < 1.29 is 9.59 Å². The Balaban J connectivity index is 2.05. The fourth-order valence-corrected chi connectivity index (χ4v) is 3.02. The number of nitrogen functional groups attached to an aromatic ring is 1. The lowest BCUT2D eigenvalue weighted by atomic mass is 10.0. The van der Waals surface area contributed by atoms with E-state index in [1.807, 2.05) is 19.9 Å². The minimum absolute atomic E-state index is 0.207. The van der Waals surface area contributed by atoms with Crippen molar-refractivity contribution in [2.45, 2.75) is 13.8 Å². The third kappa shape index (κ3) is 1.34. The third-order valence-electron chi connectivity index (χ3n) is 4.18. The summed E-state index contributed by atoms with van der Waals surface area (Å²) in [7, 11) is 0. The lowest BCUT2D eigenvalue weighted by Crippen LogP contribution is -2.36. The van der Waals surface area contributed by atoms with Crippen LogP contribution in [-0.4, -0.2) is 11.8 Å². The number of benzene rings is 1. The molecule has 1 aliphatic carbocycles. The molecule has 1 aromatic rings. The molecule has 1 saturated carbocycles. The van der Waals surface area contributed by atoms with Crippen LogP contribution in [0.4, 0.5) is 11.4 Å². The van der Waals surface area contributed by atoms with Crippen LogP contribution in [0.2, 0.25) is 0 Å². The summed E-state index contributed by atoms with van der Waals surface area (Å²) in [6.07, 6.45) is 0. The summed E-state index contributed by atoms with van der Waals surface area (Å²) < 4.78 is 0. The van der Waals surface area contributed by atoms with Gasteiger partial charge in [0.2, 0.25) is 11.8 Å². The van der Waals surface area contributed by atoms with Crippen molar-refractivity contribution in [2.24, 2.45) is 17.3 Å². The van der Waals surface area contributed by atoms with E-state index in [9.17, 15) is 9.59 Å². The second kappa shape index (κ2) is 3.35. The van der Waals surface area contributed by atoms with Crippen molar-refractivity contribution in [2.75, 3.05) is 10.6 Å². The molecule has 2 aliphatic rings. The number of nitrogens with zero attached hydrogens (tertiary/aromatic N) is 2. The zero-order valence-corrected chi connectivity index (χ0v) is 10.7. The average Bonchev–Trinajstić information content (AvgIpc) is 2.81. The summed E-state index contributed by atoms with van der Waals surface area (Å²) in [6, 6.07) is 6.60. The molecule has 1 aromatic carbocycles. The highest BCUT2D eigenvalue weighted by Crippen LogP contribution is 2.63. The number of hydrogen-bond donors (Lipinski definition) is 1. The van der Waals surface area contributed by atoms with Gasteiger partial charge in [-0.3, -0.25) is 9.59 Å². The van der Waals surface area contributed by atoms with Gasteiger partial charge in [0.15, 0.2) is 0 Å². The number of hydrogen-bond acceptors (Lipinski definition) is 4. The highest BCUT2D eigenvalue weighted by Gasteiger charge is 2.72. The Bertz CT molecular complexity index is 633. The van der Waals surface area contributed by atoms with Crippen LogP contribution in [0.5, 0.6) is 0 Å². The average molecular weight is 255 g/mol. The summed E-state index contributed by atoms with van der Waals surface area (Å²) in [6.45, 7) is 3.84. The van der Waals surface area contributed by atoms with E-state index in [0.717, 1.165) is 4.90 Å². The summed E-state index contributed by atoms with van der Waals surface area (Å²) in [5.74, 6) is -0.907. The van der Waals surface area contributed by atoms with Crippen LogP contribution < -0.4 is 10.6 Å². The van der Waals surface area contributed by atoms with Crippen LogP contribution in [0.1, 0.15) is 19.4 Å². The fraction of sp³-hybridized carbons (Fsp3) is 0.357. The maximum atomic E-state index is 12.3. The highest BCUT2D eigenvalue weighted by molar-refractivity contribution is 6.26. The van der Waals surface area contributed by atoms with Gasteiger partial charge < -0.3 is 5.73 Å². The Morgan fingerprint density at radius 3 is 2.37 bits per heavy atom. The summed E-state index contributed by atoms with van der Waals surface area (Å²) >= 11 is 0. The highest BCUT2D eigenvalue weighted by atomic mass is 16.2. The predicted molar refractivity (Wildman–Crippen MR) is 68.8 cm³/mol. The number of anilines is 2. The van der Waals surface area contributed by atoms with E-state index in [-0.39, 0.29) is 34.6 Å². The number of imide groups is 1. The van der Waals surface area contributed by atoms with Crippen LogP contribution in [0.3, 0.4) is 0 Å². The number of amides is 2. The van der Waals surface area contributed by atoms with Gasteiger partial charge in [-0.2, -0.15) is 5.26 Å². The van der Waals surface area contributed by atoms with Crippen LogP contribution in [0.15, 0.2) is 18.2 Å². The first-order chi connectivity index (χ1) is 8.89. The number of fused-ring (bicyclic) bond motifs is 1. The Labute approximate surface area is 110 Å². The van der Waals surface area contributed by atoms with Crippen molar-refractivity contribution in [3.63, 3.8) is 0 Å². The molecule has 2 atom stereocenters. The fourth-order valence-electron chi connectivity index (χ4n) is 3.02. The van der Waals surface area contributed by atoms with Gasteiger partial charge in [0.25, 0.3) is 0 Å². The van der Waals surface area contributed by atoms with Crippen molar-refractivity contribution in [3.8, 4) is 6.07 Å². The molecule has 5 nitrogen and oxygen atoms in total. The first-order valence-corrected chi connectivity index (χ1v) is 6.07. The van der Waals surface area contributed by atoms with Crippen LogP contribution in [0, 0.1) is 28.6 Å². The molecule has 0 bridgehead atoms. The maximum absolute atomic E-state index is 12.3. The molecule has 1 heterocycles. The Morgan fingerprint density at radius 2 is 1.84 bits per heavy atom. The first kappa shape index (κ1) is 11.7. The van der Waals surface area contributed by atoms with Gasteiger partial charge in [-0.25, -0.2) is 4.90 Å². The second-order valence-electron chi connectivity index (χ2n) is 5.68. The molecule has 0 spiro atoms. The van der Waals surface area contributed by atoms with E-state index in [4.69, 9.17) is 11.0 Å². The van der Waals surface area contributed by atoms with Gasteiger partial charge in [0, 0.05) is 5.69 Å². The molecule has 19 heavy (non-hydrogen) atoms. The first-order valence-electron chi connectivity index (χ1n) is 6.07. The summed E-state index contributed by atoms with van der Waals surface area (Å²) in [4.78, 5) is 25.7. The monoisotopic (exact) mass is 255 g/mol. The SMILES string of the molecule is CC1(C)C2C(=O)N(c3ccc(N)cc3C#N)C(=O)C21. The van der Waals surface area contributed by atoms with Gasteiger partial charge in [0.05, 0.1) is 23.1 Å². The number of piperidine rings is 1. The zero-order chi connectivity index (χ0) is 13.9. The molecule has 5 heteroatoms. The molecule has 2 unspecified atom stereocenters. The Hall–Kier alpha value is -2.35. The standard InChI is InChI=1S/C14H13N3O2/c1-14(2)10-11(14)13(19)17(12(10)18)9-4-3-8(16)5-7(9)6-15/h3-5,10-11H,16H2,1-2H3. The second-order valence-corrected chi connectivity index (χ2v) is 5.68. The van der Waals surface area contributed by atoms with Gasteiger partial charge >= 0.3 is 0 Å². The van der Waals surface area contributed by atoms with E-state index in [1.165, 1.54) is 6.07 Å². The number of nitrogens with two attached hydrogens (primary N) is 1. The molecule has 2 fully saturated rings. The zero-order valence-electron chi connectivity index (χ0n) is 10.7. The van der Waals surface area contributed by atoms with Gasteiger partial charge in [-0.1, -0.05) is 13.8 Å². The molecule has 0 aromatic heterocycles. The van der Waals surface area contributed by atoms with Crippen molar-refractivity contribution in [1.29, 1.82) is 5.26 Å². The van der Waals surface area contributed by atoms with E-state index >= 15 is 0 Å². The Kier molecular flexibility index (Phi) is 2.07. The minimum atomic E-state index is -0.246. The largest absolute Gasteiger partial charge is 0.399 e. The van der Waals surface area contributed by atoms with Crippen molar-refractivity contribution in [3.05, 3.63) is 23.8 Å². The minimum Gasteiger partial charge on any atom is -0.399 e. The van der Waals surface area contributed by atoms with Gasteiger partial charge in [0.1, 0.15) is 6.07 Å². The molecule has 1 aliphatic heterocycles. The third-order valence-corrected chi connectivity index (χ3v) is 4.18. The van der Waals surface area contributed by atoms with Gasteiger partial charge in [-0.15, -0.1) is 0 Å². The normalized spacial score (nSPS) is 27.1. The van der Waals surface area contributed by atoms with E-state index in [2.05, 4.69) is 0 Å². The summed E-state index contributed by atoms with van der Waals surface area (Å²) in [5, 5.41) is 9.10. The molecule has 2 amide bonds. The summed E-state index contributed by atoms with van der Waals surface area (Å²) in [5.41, 5.74) is 6.39. The predicted octanol–water partition coefficient (Wildman–Crippen LogP) is 1.29. The smallest absolute Gasteiger partial charge is 0.238 e. The molecular formula is C14H13N3O2. The van der Waals surface area contributed by atoms with Crippen LogP contribution in [0.25, 0.3) is 0 Å². The van der Waals surface area contributed by atoms with E-state index in [0.29, 0.717) is 11.4 Å². The van der Waals surface area contributed by atoms with Crippen LogP contribution in [-0.2, 0) is 9.59 Å². The van der Waals surface area contributed by atoms with E-state index in [1.54, 1.807) is 12.1 Å². The van der Waals surface area contributed by atoms with Crippen molar-refractivity contribution >= 4 is 23.2 Å². The lowest BCUT2D eigenvalue weighted by molar-refractivity contribution is -0.125. The number of carbonyl (C=O) groups excluding carboxylic acids is 2. The molecule has 0 radical (unpaired) electrons. The number of nitriles is 1. The lowest BCUT2D eigenvalue weighted by Gasteiger charge is -2.21. The molecule has 3 rings (SSSR count). The van der Waals surface area contributed by atoms with Crippen molar-refractivity contribution in [1.82, 2.24) is 0 Å². The topological polar surface area (TPSA) is 87.2 Å². The van der Waals surface area contributed by atoms with Crippen LogP contribution >= 0.6 is 0 Å². The number of carbonyl (C=O) groups is 2. The Morgan fingerprint density at radius 1 is 1.26 bits per heavy atom. The molecule has 1 saturated heterocycles. The molecule has 2 N–H and O–H groups in total. The van der Waals surface area contributed by atoms with E-state index < -0.39 is 0 Å². The quantitative estimate of drug-likeness (QED) is 0.605. The number of rotatable bonds is 1. The molecule has 96 valence electrons. The van der Waals surface area contributed by atoms with Gasteiger partial charge in [-0.05, 0) is 23.6 Å². The molecular weight excluding hydrogens is 242 g/mol. The maximum Gasteiger partial charge on any atom is 0.238 e.